The molecule has 5 aromatic heterocycles. The number of hydrogen-bond acceptors (Lipinski definition) is 7. The molecule has 11 aromatic rings. The summed E-state index contributed by atoms with van der Waals surface area (Å²) in [6.07, 6.45) is 3.60. The number of fused-ring (bicyclic) bond motifs is 12. The number of pyridine rings is 2. The predicted octanol–water partition coefficient (Wildman–Crippen LogP) is 10.2. The summed E-state index contributed by atoms with van der Waals surface area (Å²) in [5.41, 5.74) is 5.86. The quantitative estimate of drug-likeness (QED) is 0.169. The molecule has 0 N–H and O–H groups in total. The Morgan fingerprint density at radius 2 is 0.883 bits per heavy atom. The Balaban J connectivity index is 1.32. The standard InChI is InChI=1S/C49H26N8O2S/c50-27-30-25-31(28-51)49(32(26-30)29-52)60(58,59)34-21-19-33(20-22-34)55-38-14-4-1-11-35(38)43-46(55)44-36-12-2-5-15-39(36)56(41-17-7-9-23-53-41)48(44)45-37-13-3-6-16-40(37)57(47(43)45)42-18-8-10-24-54-42/h1-26H. The Labute approximate surface area is 341 Å². The molecule has 0 aliphatic carbocycles. The van der Waals surface area contributed by atoms with Gasteiger partial charge in [0.05, 0.1) is 60.8 Å². The highest BCUT2D eigenvalue weighted by molar-refractivity contribution is 7.91. The third kappa shape index (κ3) is 4.74. The number of sulfone groups is 1. The Kier molecular flexibility index (Phi) is 7.50. The Morgan fingerprint density at radius 1 is 0.467 bits per heavy atom. The smallest absolute Gasteiger partial charge is 0.209 e. The van der Waals surface area contributed by atoms with Gasteiger partial charge < -0.3 is 4.57 Å². The van der Waals surface area contributed by atoms with E-state index in [4.69, 9.17) is 9.97 Å². The molecule has 0 atom stereocenters. The van der Waals surface area contributed by atoms with Crippen LogP contribution in [0.3, 0.4) is 0 Å². The van der Waals surface area contributed by atoms with Gasteiger partial charge in [-0.1, -0.05) is 66.7 Å². The van der Waals surface area contributed by atoms with Crippen molar-refractivity contribution in [3.05, 3.63) is 175 Å². The molecule has 0 fully saturated rings. The lowest BCUT2D eigenvalue weighted by atomic mass is 10.0. The molecule has 5 heterocycles. The number of benzene rings is 6. The van der Waals surface area contributed by atoms with Gasteiger partial charge in [0.2, 0.25) is 9.84 Å². The largest absolute Gasteiger partial charge is 0.308 e. The van der Waals surface area contributed by atoms with E-state index in [1.165, 1.54) is 24.3 Å². The normalized spacial score (nSPS) is 11.8. The molecular weight excluding hydrogens is 765 g/mol. The number of rotatable bonds is 5. The Bertz CT molecular complexity index is 3760. The minimum Gasteiger partial charge on any atom is -0.308 e. The molecule has 0 amide bonds. The van der Waals surface area contributed by atoms with Crippen molar-refractivity contribution in [1.29, 1.82) is 15.8 Å². The molecule has 0 aliphatic rings. The van der Waals surface area contributed by atoms with Crippen LogP contribution in [0.4, 0.5) is 0 Å². The molecule has 0 saturated carbocycles. The second kappa shape index (κ2) is 13.0. The van der Waals surface area contributed by atoms with E-state index in [9.17, 15) is 24.2 Å². The summed E-state index contributed by atoms with van der Waals surface area (Å²) in [6, 6.07) is 51.3. The fraction of sp³-hybridized carbons (Fsp3) is 0. The molecule has 0 saturated heterocycles. The zero-order valence-electron chi connectivity index (χ0n) is 31.3. The van der Waals surface area contributed by atoms with Gasteiger partial charge in [0, 0.05) is 50.4 Å². The molecule has 6 aromatic carbocycles. The first kappa shape index (κ1) is 34.7. The Hall–Kier alpha value is -8.56. The van der Waals surface area contributed by atoms with Gasteiger partial charge in [-0.15, -0.1) is 0 Å². The zero-order chi connectivity index (χ0) is 40.7. The lowest BCUT2D eigenvalue weighted by Crippen LogP contribution is -2.08. The first-order valence-corrected chi connectivity index (χ1v) is 20.4. The summed E-state index contributed by atoms with van der Waals surface area (Å²) in [7, 11) is -4.37. The van der Waals surface area contributed by atoms with Crippen LogP contribution in [0.2, 0.25) is 0 Å². The van der Waals surface area contributed by atoms with Gasteiger partial charge in [-0.2, -0.15) is 15.8 Å². The van der Waals surface area contributed by atoms with Gasteiger partial charge in [0.15, 0.2) is 0 Å². The maximum Gasteiger partial charge on any atom is 0.209 e. The highest BCUT2D eigenvalue weighted by atomic mass is 32.2. The van der Waals surface area contributed by atoms with Crippen LogP contribution in [0.1, 0.15) is 16.7 Å². The van der Waals surface area contributed by atoms with Gasteiger partial charge in [-0.3, -0.25) is 9.13 Å². The van der Waals surface area contributed by atoms with Crippen LogP contribution in [0.15, 0.2) is 168 Å². The maximum absolute atomic E-state index is 14.3. The first-order valence-electron chi connectivity index (χ1n) is 18.9. The lowest BCUT2D eigenvalue weighted by molar-refractivity contribution is 0.595. The van der Waals surface area contributed by atoms with Crippen molar-refractivity contribution in [2.24, 2.45) is 0 Å². The van der Waals surface area contributed by atoms with E-state index < -0.39 is 14.7 Å². The van der Waals surface area contributed by atoms with E-state index in [0.29, 0.717) is 5.69 Å². The molecule has 11 heteroatoms. The van der Waals surface area contributed by atoms with Crippen molar-refractivity contribution < 1.29 is 8.42 Å². The average molecular weight is 791 g/mol. The SMILES string of the molecule is N#Cc1cc(C#N)c(S(=O)(=O)c2ccc(-n3c4ccccc4c4c3c3c5ccccc5n(-c5ccccn5)c3c3c5ccccc5n(-c5ccccn5)c43)cc2)c(C#N)c1. The fourth-order valence-electron chi connectivity index (χ4n) is 8.91. The van der Waals surface area contributed by atoms with E-state index in [-0.39, 0.29) is 21.6 Å². The summed E-state index contributed by atoms with van der Waals surface area (Å²) in [4.78, 5) is 9.26. The Morgan fingerprint density at radius 3 is 1.30 bits per heavy atom. The molecule has 60 heavy (non-hydrogen) atoms. The summed E-state index contributed by atoms with van der Waals surface area (Å²) in [5, 5.41) is 35.4. The summed E-state index contributed by atoms with van der Waals surface area (Å²) in [6.45, 7) is 0. The predicted molar refractivity (Wildman–Crippen MR) is 231 cm³/mol. The number of para-hydroxylation sites is 3. The first-order chi connectivity index (χ1) is 29.4. The van der Waals surface area contributed by atoms with E-state index in [0.717, 1.165) is 77.1 Å². The van der Waals surface area contributed by atoms with Crippen molar-refractivity contribution in [3.8, 4) is 35.5 Å². The van der Waals surface area contributed by atoms with E-state index in [1.807, 2.05) is 84.9 Å². The van der Waals surface area contributed by atoms with Crippen LogP contribution >= 0.6 is 0 Å². The highest BCUT2D eigenvalue weighted by Crippen LogP contribution is 2.50. The molecule has 0 spiro atoms. The van der Waals surface area contributed by atoms with Crippen molar-refractivity contribution in [1.82, 2.24) is 23.7 Å². The van der Waals surface area contributed by atoms with Gasteiger partial charge >= 0.3 is 0 Å². The lowest BCUT2D eigenvalue weighted by Gasteiger charge is -2.13. The summed E-state index contributed by atoms with van der Waals surface area (Å²) < 4.78 is 35.2. The van der Waals surface area contributed by atoms with E-state index >= 15 is 0 Å². The van der Waals surface area contributed by atoms with Crippen LogP contribution in [0.5, 0.6) is 0 Å². The van der Waals surface area contributed by atoms with Gasteiger partial charge in [-0.25, -0.2) is 18.4 Å². The zero-order valence-corrected chi connectivity index (χ0v) is 32.1. The fourth-order valence-corrected chi connectivity index (χ4v) is 10.4. The molecule has 0 bridgehead atoms. The number of hydrogen-bond donors (Lipinski definition) is 0. The molecule has 11 rings (SSSR count). The topological polar surface area (TPSA) is 146 Å². The van der Waals surface area contributed by atoms with E-state index in [1.54, 1.807) is 24.5 Å². The van der Waals surface area contributed by atoms with Crippen LogP contribution < -0.4 is 0 Å². The van der Waals surface area contributed by atoms with Gasteiger partial charge in [-0.05, 0) is 78.9 Å². The molecule has 10 nitrogen and oxygen atoms in total. The van der Waals surface area contributed by atoms with Gasteiger partial charge in [0.25, 0.3) is 0 Å². The van der Waals surface area contributed by atoms with Crippen LogP contribution in [-0.2, 0) is 9.84 Å². The molecule has 0 radical (unpaired) electrons. The van der Waals surface area contributed by atoms with Crippen LogP contribution in [0.25, 0.3) is 82.7 Å². The van der Waals surface area contributed by atoms with Crippen LogP contribution in [0, 0.1) is 34.0 Å². The second-order valence-electron chi connectivity index (χ2n) is 14.3. The van der Waals surface area contributed by atoms with Crippen LogP contribution in [-0.4, -0.2) is 32.1 Å². The summed E-state index contributed by atoms with van der Waals surface area (Å²) in [5.74, 6) is 1.51. The third-order valence-electron chi connectivity index (χ3n) is 11.2. The minimum atomic E-state index is -4.37. The third-order valence-corrected chi connectivity index (χ3v) is 13.1. The molecule has 0 aliphatic heterocycles. The second-order valence-corrected chi connectivity index (χ2v) is 16.2. The number of aromatic nitrogens is 5. The molecular formula is C49H26N8O2S. The minimum absolute atomic E-state index is 0.0238. The van der Waals surface area contributed by atoms with Crippen molar-refractivity contribution >= 4 is 75.3 Å². The average Bonchev–Trinajstić information content (AvgIpc) is 3.95. The maximum atomic E-state index is 14.3. The van der Waals surface area contributed by atoms with Gasteiger partial charge in [0.1, 0.15) is 28.7 Å². The monoisotopic (exact) mass is 790 g/mol. The van der Waals surface area contributed by atoms with E-state index in [2.05, 4.69) is 56.2 Å². The highest BCUT2D eigenvalue weighted by Gasteiger charge is 2.30. The molecule has 280 valence electrons. The number of nitrogens with zero attached hydrogens (tertiary/aromatic N) is 8. The van der Waals surface area contributed by atoms with Crippen molar-refractivity contribution in [2.45, 2.75) is 9.79 Å². The van der Waals surface area contributed by atoms with Crippen molar-refractivity contribution in [3.63, 3.8) is 0 Å². The van der Waals surface area contributed by atoms with Crippen molar-refractivity contribution in [2.75, 3.05) is 0 Å². The number of nitriles is 3. The molecule has 0 unspecified atom stereocenters. The summed E-state index contributed by atoms with van der Waals surface area (Å²) >= 11 is 0.